The minimum absolute atomic E-state index is 0.113. The van der Waals surface area contributed by atoms with Crippen molar-refractivity contribution in [2.75, 3.05) is 5.32 Å². The van der Waals surface area contributed by atoms with Crippen LogP contribution in [0.2, 0.25) is 5.02 Å². The Morgan fingerprint density at radius 3 is 2.69 bits per heavy atom. The Labute approximate surface area is 104 Å². The summed E-state index contributed by atoms with van der Waals surface area (Å²) in [4.78, 5) is 15.3. The maximum absolute atomic E-state index is 11.3. The molecule has 86 valence electrons. The molecule has 4 nitrogen and oxygen atoms in total. The number of carbonyl (C=O) groups is 1. The van der Waals surface area contributed by atoms with Gasteiger partial charge in [-0.05, 0) is 24.4 Å². The number of aromatic nitrogens is 1. The van der Waals surface area contributed by atoms with Gasteiger partial charge in [0.25, 0.3) is 0 Å². The van der Waals surface area contributed by atoms with Crippen LogP contribution in [0.3, 0.4) is 0 Å². The zero-order valence-electron chi connectivity index (χ0n) is 8.95. The van der Waals surface area contributed by atoms with E-state index in [0.29, 0.717) is 10.8 Å². The third kappa shape index (κ3) is 4.12. The SMILES string of the molecule is CC(C)C(=O)NC(=S)Nc1ccc(Cl)cn1. The molecule has 6 heteroatoms. The number of rotatable bonds is 2. The number of nitrogens with zero attached hydrogens (tertiary/aromatic N) is 1. The molecular formula is C10H12ClN3OS. The molecule has 0 aliphatic heterocycles. The summed E-state index contributed by atoms with van der Waals surface area (Å²) in [6.07, 6.45) is 1.50. The Morgan fingerprint density at radius 2 is 2.19 bits per heavy atom. The lowest BCUT2D eigenvalue weighted by Gasteiger charge is -2.10. The zero-order chi connectivity index (χ0) is 12.1. The van der Waals surface area contributed by atoms with Gasteiger partial charge in [0, 0.05) is 12.1 Å². The summed E-state index contributed by atoms with van der Waals surface area (Å²) < 4.78 is 0. The molecule has 0 aliphatic rings. The van der Waals surface area contributed by atoms with Crippen molar-refractivity contribution in [1.82, 2.24) is 10.3 Å². The summed E-state index contributed by atoms with van der Waals surface area (Å²) in [7, 11) is 0. The summed E-state index contributed by atoms with van der Waals surface area (Å²) in [6, 6.07) is 3.36. The summed E-state index contributed by atoms with van der Waals surface area (Å²) in [6.45, 7) is 3.58. The second-order valence-corrected chi connectivity index (χ2v) is 4.30. The smallest absolute Gasteiger partial charge is 0.228 e. The van der Waals surface area contributed by atoms with Gasteiger partial charge in [-0.25, -0.2) is 4.98 Å². The van der Waals surface area contributed by atoms with E-state index in [1.807, 2.05) is 0 Å². The first-order chi connectivity index (χ1) is 7.49. The molecule has 1 amide bonds. The summed E-state index contributed by atoms with van der Waals surface area (Å²) in [5, 5.41) is 6.11. The molecule has 0 aliphatic carbocycles. The van der Waals surface area contributed by atoms with Gasteiger partial charge in [-0.3, -0.25) is 4.79 Å². The van der Waals surface area contributed by atoms with Gasteiger partial charge >= 0.3 is 0 Å². The molecule has 0 spiro atoms. The van der Waals surface area contributed by atoms with Gasteiger partial charge < -0.3 is 10.6 Å². The van der Waals surface area contributed by atoms with E-state index < -0.39 is 0 Å². The van der Waals surface area contributed by atoms with Gasteiger partial charge in [-0.15, -0.1) is 0 Å². The van der Waals surface area contributed by atoms with Crippen molar-refractivity contribution in [3.05, 3.63) is 23.4 Å². The third-order valence-electron chi connectivity index (χ3n) is 1.73. The van der Waals surface area contributed by atoms with Gasteiger partial charge in [0.2, 0.25) is 5.91 Å². The number of thiocarbonyl (C=S) groups is 1. The third-order valence-corrected chi connectivity index (χ3v) is 2.16. The number of pyridine rings is 1. The van der Waals surface area contributed by atoms with Crippen LogP contribution < -0.4 is 10.6 Å². The van der Waals surface area contributed by atoms with E-state index in [9.17, 15) is 4.79 Å². The number of nitrogens with one attached hydrogen (secondary N) is 2. The first kappa shape index (κ1) is 12.9. The van der Waals surface area contributed by atoms with Crippen molar-refractivity contribution in [3.8, 4) is 0 Å². The minimum atomic E-state index is -0.133. The summed E-state index contributed by atoms with van der Waals surface area (Å²) in [5.41, 5.74) is 0. The normalized spacial score (nSPS) is 10.0. The largest absolute Gasteiger partial charge is 0.317 e. The number of hydrogen-bond donors (Lipinski definition) is 2. The summed E-state index contributed by atoms with van der Waals surface area (Å²) in [5.74, 6) is 0.294. The fourth-order valence-corrected chi connectivity index (χ4v) is 1.17. The number of halogens is 1. The highest BCUT2D eigenvalue weighted by Crippen LogP contribution is 2.09. The van der Waals surface area contributed by atoms with E-state index in [0.717, 1.165) is 0 Å². The van der Waals surface area contributed by atoms with Crippen molar-refractivity contribution < 1.29 is 4.79 Å². The number of carbonyl (C=O) groups excluding carboxylic acids is 1. The van der Waals surface area contributed by atoms with Crippen molar-refractivity contribution in [3.63, 3.8) is 0 Å². The van der Waals surface area contributed by atoms with Crippen LogP contribution in [0.4, 0.5) is 5.82 Å². The molecular weight excluding hydrogens is 246 g/mol. The predicted molar refractivity (Wildman–Crippen MR) is 68.4 cm³/mol. The van der Waals surface area contributed by atoms with Crippen LogP contribution in [0.1, 0.15) is 13.8 Å². The van der Waals surface area contributed by atoms with Crippen LogP contribution in [0.25, 0.3) is 0 Å². The molecule has 0 saturated heterocycles. The van der Waals surface area contributed by atoms with Crippen LogP contribution in [0.15, 0.2) is 18.3 Å². The molecule has 0 unspecified atom stereocenters. The fourth-order valence-electron chi connectivity index (χ4n) is 0.854. The Kier molecular flexibility index (Phi) is 4.64. The van der Waals surface area contributed by atoms with Gasteiger partial charge in [0.1, 0.15) is 5.82 Å². The lowest BCUT2D eigenvalue weighted by Crippen LogP contribution is -2.36. The van der Waals surface area contributed by atoms with Gasteiger partial charge in [0.05, 0.1) is 5.02 Å². The second-order valence-electron chi connectivity index (χ2n) is 3.46. The molecule has 0 bridgehead atoms. The van der Waals surface area contributed by atoms with E-state index in [2.05, 4.69) is 15.6 Å². The van der Waals surface area contributed by atoms with E-state index in [1.54, 1.807) is 26.0 Å². The molecule has 0 atom stereocenters. The van der Waals surface area contributed by atoms with Gasteiger partial charge in [0.15, 0.2) is 5.11 Å². The standard InChI is InChI=1S/C10H12ClN3OS/c1-6(2)9(15)14-10(16)13-8-4-3-7(11)5-12-8/h3-6H,1-2H3,(H2,12,13,14,15,16). The van der Waals surface area contributed by atoms with E-state index in [4.69, 9.17) is 23.8 Å². The highest BCUT2D eigenvalue weighted by Gasteiger charge is 2.08. The first-order valence-corrected chi connectivity index (χ1v) is 5.51. The number of hydrogen-bond acceptors (Lipinski definition) is 3. The predicted octanol–water partition coefficient (Wildman–Crippen LogP) is 2.20. The van der Waals surface area contributed by atoms with Crippen LogP contribution in [-0.2, 0) is 4.79 Å². The Morgan fingerprint density at radius 1 is 1.50 bits per heavy atom. The molecule has 16 heavy (non-hydrogen) atoms. The van der Waals surface area contributed by atoms with Crippen molar-refractivity contribution >= 4 is 40.7 Å². The highest BCUT2D eigenvalue weighted by molar-refractivity contribution is 7.80. The quantitative estimate of drug-likeness (QED) is 0.798. The lowest BCUT2D eigenvalue weighted by atomic mass is 10.2. The number of amides is 1. The van der Waals surface area contributed by atoms with Crippen molar-refractivity contribution in [1.29, 1.82) is 0 Å². The molecule has 1 rings (SSSR count). The molecule has 2 N–H and O–H groups in total. The molecule has 1 aromatic rings. The monoisotopic (exact) mass is 257 g/mol. The van der Waals surface area contributed by atoms with Crippen LogP contribution >= 0.6 is 23.8 Å². The van der Waals surface area contributed by atoms with Crippen molar-refractivity contribution in [2.24, 2.45) is 5.92 Å². The van der Waals surface area contributed by atoms with E-state index in [1.165, 1.54) is 6.20 Å². The minimum Gasteiger partial charge on any atom is -0.317 e. The van der Waals surface area contributed by atoms with Crippen molar-refractivity contribution in [2.45, 2.75) is 13.8 Å². The zero-order valence-corrected chi connectivity index (χ0v) is 10.5. The highest BCUT2D eigenvalue weighted by atomic mass is 35.5. The average molecular weight is 258 g/mol. The van der Waals surface area contributed by atoms with Gasteiger partial charge in [-0.2, -0.15) is 0 Å². The Bertz CT molecular complexity index is 392. The molecule has 0 fully saturated rings. The van der Waals surface area contributed by atoms with Crippen LogP contribution in [0.5, 0.6) is 0 Å². The van der Waals surface area contributed by atoms with E-state index in [-0.39, 0.29) is 16.9 Å². The first-order valence-electron chi connectivity index (χ1n) is 4.72. The maximum atomic E-state index is 11.3. The molecule has 1 heterocycles. The Balaban J connectivity index is 2.52. The molecule has 0 saturated carbocycles. The topological polar surface area (TPSA) is 54.0 Å². The number of anilines is 1. The second kappa shape index (κ2) is 5.77. The molecule has 0 aromatic carbocycles. The lowest BCUT2D eigenvalue weighted by molar-refractivity contribution is -0.122. The fraction of sp³-hybridized carbons (Fsp3) is 0.300. The molecule has 0 radical (unpaired) electrons. The van der Waals surface area contributed by atoms with Crippen LogP contribution in [-0.4, -0.2) is 16.0 Å². The molecule has 1 aromatic heterocycles. The maximum Gasteiger partial charge on any atom is 0.228 e. The van der Waals surface area contributed by atoms with Crippen LogP contribution in [0, 0.1) is 5.92 Å². The summed E-state index contributed by atoms with van der Waals surface area (Å²) >= 11 is 10.6. The van der Waals surface area contributed by atoms with E-state index >= 15 is 0 Å². The Hall–Kier alpha value is -1.20. The average Bonchev–Trinajstić information content (AvgIpc) is 2.21. The van der Waals surface area contributed by atoms with Gasteiger partial charge in [-0.1, -0.05) is 25.4 Å².